The number of allylic oxidation sites excluding steroid dienone is 2. The Kier molecular flexibility index (Phi) is 13.0. The van der Waals surface area contributed by atoms with Crippen LogP contribution in [0.4, 0.5) is 5.69 Å². The Labute approximate surface area is 325 Å². The van der Waals surface area contributed by atoms with Gasteiger partial charge < -0.3 is 36.0 Å². The van der Waals surface area contributed by atoms with Crippen molar-refractivity contribution in [1.29, 1.82) is 0 Å². The van der Waals surface area contributed by atoms with Crippen LogP contribution in [0.1, 0.15) is 96.5 Å². The van der Waals surface area contributed by atoms with Crippen LogP contribution in [-0.2, 0) is 14.4 Å². The monoisotopic (exact) mass is 751 g/mol. The van der Waals surface area contributed by atoms with Crippen LogP contribution in [0.3, 0.4) is 0 Å². The highest BCUT2D eigenvalue weighted by Crippen LogP contribution is 2.61. The predicted molar refractivity (Wildman–Crippen MR) is 217 cm³/mol. The lowest BCUT2D eigenvalue weighted by molar-refractivity contribution is -0.166. The van der Waals surface area contributed by atoms with Crippen molar-refractivity contribution in [3.05, 3.63) is 46.7 Å². The number of carbonyl (C=O) groups excluding carboxylic acids is 2. The van der Waals surface area contributed by atoms with E-state index in [0.29, 0.717) is 34.5 Å². The summed E-state index contributed by atoms with van der Waals surface area (Å²) in [5, 5.41) is 19.5. The number of methoxy groups -OCH3 is 1. The molecule has 0 unspecified atom stereocenters. The van der Waals surface area contributed by atoms with E-state index in [1.165, 1.54) is 6.42 Å². The molecule has 11 nitrogen and oxygen atoms in total. The standard InChI is InChI=1S/C43H70N6O5/c1-25-34-19-30(43(34,6)7)20-35(25)46-41(52)38-37(26(2)50)36(22-44)54-49(38)23-27-14-13-15-33(39(27)53-12)28-16-29(18-32(17-28)48(10)11)40(51)45-31(24-47(8)9)21-42(3,4)5/h14,16-18,25-26,30-31,34-38,50H,13,15,19-24,44H2,1-12H3,(H,45,51)(H,46,52)/t25-,26-,30+,31-,34-,35-,36-,37+,38-/m0/s1. The van der Waals surface area contributed by atoms with Gasteiger partial charge in [0.25, 0.3) is 5.91 Å². The first-order valence-electron chi connectivity index (χ1n) is 20.1. The minimum Gasteiger partial charge on any atom is -0.496 e. The summed E-state index contributed by atoms with van der Waals surface area (Å²) < 4.78 is 6.17. The number of nitrogens with one attached hydrogen (secondary N) is 2. The molecule has 5 N–H and O–H groups in total. The van der Waals surface area contributed by atoms with Crippen LogP contribution in [0.15, 0.2) is 35.6 Å². The second-order valence-corrected chi connectivity index (χ2v) is 18.9. The number of aliphatic hydroxyl groups excluding tert-OH is 1. The number of anilines is 1. The van der Waals surface area contributed by atoms with Gasteiger partial charge in [0.1, 0.15) is 11.8 Å². The van der Waals surface area contributed by atoms with Gasteiger partial charge in [0.05, 0.1) is 25.9 Å². The fourth-order valence-corrected chi connectivity index (χ4v) is 9.94. The lowest BCUT2D eigenvalue weighted by atomic mass is 9.45. The Morgan fingerprint density at radius 3 is 2.41 bits per heavy atom. The quantitative estimate of drug-likeness (QED) is 0.206. The van der Waals surface area contributed by atoms with Crippen molar-refractivity contribution in [2.24, 2.45) is 40.2 Å². The fourth-order valence-electron chi connectivity index (χ4n) is 9.94. The maximum absolute atomic E-state index is 14.3. The molecule has 302 valence electrons. The fraction of sp³-hybridized carbons (Fsp3) is 0.721. The Morgan fingerprint density at radius 1 is 1.15 bits per heavy atom. The van der Waals surface area contributed by atoms with Gasteiger partial charge in [-0.3, -0.25) is 14.4 Å². The van der Waals surface area contributed by atoms with E-state index in [0.717, 1.165) is 54.6 Å². The number of ether oxygens (including phenoxy) is 1. The summed E-state index contributed by atoms with van der Waals surface area (Å²) in [4.78, 5) is 38.8. The molecule has 0 spiro atoms. The van der Waals surface area contributed by atoms with E-state index in [2.05, 4.69) is 69.2 Å². The average Bonchev–Trinajstić information content (AvgIpc) is 3.46. The molecule has 0 radical (unpaired) electrons. The van der Waals surface area contributed by atoms with Gasteiger partial charge in [-0.1, -0.05) is 47.6 Å². The lowest BCUT2D eigenvalue weighted by Crippen LogP contribution is -2.62. The van der Waals surface area contributed by atoms with Gasteiger partial charge in [-0.2, -0.15) is 5.06 Å². The summed E-state index contributed by atoms with van der Waals surface area (Å²) in [5.74, 6) is 1.54. The number of hydrogen-bond donors (Lipinski definition) is 4. The van der Waals surface area contributed by atoms with E-state index in [-0.39, 0.29) is 42.4 Å². The van der Waals surface area contributed by atoms with Gasteiger partial charge in [-0.05, 0) is 105 Å². The first-order valence-corrected chi connectivity index (χ1v) is 20.1. The Morgan fingerprint density at radius 2 is 1.85 bits per heavy atom. The summed E-state index contributed by atoms with van der Waals surface area (Å²) in [7, 11) is 9.69. The van der Waals surface area contributed by atoms with Crippen molar-refractivity contribution in [1.82, 2.24) is 20.6 Å². The second kappa shape index (κ2) is 16.6. The molecule has 5 aliphatic rings. The highest BCUT2D eigenvalue weighted by Gasteiger charge is 2.57. The molecule has 4 fully saturated rings. The Balaban J connectivity index is 1.43. The lowest BCUT2D eigenvalue weighted by Gasteiger charge is -2.62. The van der Waals surface area contributed by atoms with Crippen molar-refractivity contribution in [3.8, 4) is 0 Å². The molecule has 1 aromatic carbocycles. The maximum Gasteiger partial charge on any atom is 0.251 e. The number of carbonyl (C=O) groups is 2. The number of rotatable bonds is 14. The number of fused-ring (bicyclic) bond motifs is 2. The van der Waals surface area contributed by atoms with Gasteiger partial charge in [0.15, 0.2) is 0 Å². The first kappa shape index (κ1) is 42.2. The van der Waals surface area contributed by atoms with E-state index in [4.69, 9.17) is 15.3 Å². The molecular formula is C43H70N6O5. The molecule has 0 aromatic heterocycles. The van der Waals surface area contributed by atoms with Crippen LogP contribution in [0.25, 0.3) is 5.57 Å². The molecule has 2 amide bonds. The second-order valence-electron chi connectivity index (χ2n) is 18.9. The van der Waals surface area contributed by atoms with Crippen LogP contribution in [-0.4, -0.2) is 112 Å². The van der Waals surface area contributed by atoms with Crippen molar-refractivity contribution in [2.45, 2.75) is 111 Å². The summed E-state index contributed by atoms with van der Waals surface area (Å²) in [5.41, 5.74) is 10.9. The topological polar surface area (TPSA) is 133 Å². The zero-order chi connectivity index (χ0) is 39.9. The van der Waals surface area contributed by atoms with Crippen LogP contribution < -0.4 is 21.3 Å². The number of likely N-dealkylation sites (N-methyl/N-ethyl adjacent to an activating group) is 1. The van der Waals surface area contributed by atoms with Gasteiger partial charge in [-0.15, -0.1) is 0 Å². The highest BCUT2D eigenvalue weighted by molar-refractivity contribution is 5.97. The Bertz CT molecular complexity index is 1580. The third kappa shape index (κ3) is 9.02. The van der Waals surface area contributed by atoms with Crippen molar-refractivity contribution in [2.75, 3.05) is 59.8 Å². The van der Waals surface area contributed by atoms with Gasteiger partial charge in [-0.25, -0.2) is 0 Å². The molecule has 2 bridgehead atoms. The summed E-state index contributed by atoms with van der Waals surface area (Å²) in [6.45, 7) is 16.5. The van der Waals surface area contributed by atoms with Crippen LogP contribution in [0.2, 0.25) is 0 Å². The first-order chi connectivity index (χ1) is 25.2. The van der Waals surface area contributed by atoms with Crippen LogP contribution in [0.5, 0.6) is 0 Å². The molecular weight excluding hydrogens is 681 g/mol. The largest absolute Gasteiger partial charge is 0.496 e. The third-order valence-electron chi connectivity index (χ3n) is 12.8. The van der Waals surface area contributed by atoms with Crippen molar-refractivity contribution < 1.29 is 24.3 Å². The van der Waals surface area contributed by atoms with E-state index in [9.17, 15) is 14.7 Å². The van der Waals surface area contributed by atoms with E-state index in [1.807, 2.05) is 45.2 Å². The normalized spacial score (nSPS) is 29.3. The molecule has 1 aliphatic heterocycles. The summed E-state index contributed by atoms with van der Waals surface area (Å²) in [6.07, 6.45) is 5.35. The molecule has 1 heterocycles. The maximum atomic E-state index is 14.3. The van der Waals surface area contributed by atoms with Crippen LogP contribution in [0, 0.1) is 34.5 Å². The van der Waals surface area contributed by atoms with Crippen molar-refractivity contribution >= 4 is 23.1 Å². The molecule has 4 aliphatic carbocycles. The molecule has 6 rings (SSSR count). The molecule has 1 aromatic rings. The molecule has 11 heteroatoms. The molecule has 1 saturated heterocycles. The number of nitrogens with zero attached hydrogens (tertiary/aromatic N) is 3. The SMILES string of the molecule is COC1=C(c2cc(C(=O)N[C@H](CN(C)C)CC(C)(C)C)cc(N(C)C)c2)CCC=C1CN1O[C@@H](CN)[C@@H]([C@H](C)O)[C@H]1C(=O)N[C@H]1C[C@H]2C[C@@H]([C@@H]1C)C2(C)C. The zero-order valence-corrected chi connectivity index (χ0v) is 35.2. The number of amides is 2. The number of hydroxylamine groups is 2. The summed E-state index contributed by atoms with van der Waals surface area (Å²) >= 11 is 0. The molecule has 9 atom stereocenters. The van der Waals surface area contributed by atoms with Crippen LogP contribution >= 0.6 is 0 Å². The number of aliphatic hydroxyl groups is 1. The number of nitrogens with two attached hydrogens (primary N) is 1. The zero-order valence-electron chi connectivity index (χ0n) is 35.2. The highest BCUT2D eigenvalue weighted by atomic mass is 16.7. The number of benzene rings is 1. The Hall–Kier alpha value is -2.96. The third-order valence-corrected chi connectivity index (χ3v) is 12.8. The van der Waals surface area contributed by atoms with Gasteiger partial charge in [0, 0.05) is 67.6 Å². The van der Waals surface area contributed by atoms with E-state index < -0.39 is 24.2 Å². The predicted octanol–water partition coefficient (Wildman–Crippen LogP) is 5.05. The molecule has 3 saturated carbocycles. The number of hydrogen-bond acceptors (Lipinski definition) is 9. The minimum atomic E-state index is -0.803. The smallest absolute Gasteiger partial charge is 0.251 e. The minimum absolute atomic E-state index is 0.00999. The average molecular weight is 751 g/mol. The van der Waals surface area contributed by atoms with Gasteiger partial charge >= 0.3 is 0 Å². The molecule has 54 heavy (non-hydrogen) atoms. The summed E-state index contributed by atoms with van der Waals surface area (Å²) in [6, 6.07) is 5.36. The van der Waals surface area contributed by atoms with Gasteiger partial charge in [0.2, 0.25) is 5.91 Å². The van der Waals surface area contributed by atoms with E-state index >= 15 is 0 Å². The van der Waals surface area contributed by atoms with Crippen molar-refractivity contribution in [3.63, 3.8) is 0 Å². The van der Waals surface area contributed by atoms with E-state index in [1.54, 1.807) is 19.1 Å².